The fourth-order valence-corrected chi connectivity index (χ4v) is 6.86. The zero-order chi connectivity index (χ0) is 43.5. The minimum Gasteiger partial charge on any atom is -0.207 e. The van der Waals surface area contributed by atoms with Gasteiger partial charge in [-0.25, -0.2) is 87.8 Å². The smallest absolute Gasteiger partial charge is 0.207 e. The summed E-state index contributed by atoms with van der Waals surface area (Å²) in [7, 11) is 0. The van der Waals surface area contributed by atoms with Crippen LogP contribution in [0.2, 0.25) is 0 Å². The van der Waals surface area contributed by atoms with Crippen molar-refractivity contribution in [1.29, 1.82) is 0 Å². The third-order valence-electron chi connectivity index (χ3n) is 8.79. The van der Waals surface area contributed by atoms with Crippen LogP contribution in [0.15, 0.2) is 41.9 Å². The summed E-state index contributed by atoms with van der Waals surface area (Å²) in [6.07, 6.45) is -5.09. The van der Waals surface area contributed by atoms with E-state index in [4.69, 9.17) is 0 Å². The molecule has 0 radical (unpaired) electrons. The monoisotopic (exact) mass is 869 g/mol. The first-order valence-corrected chi connectivity index (χ1v) is 16.1. The molecular weight excluding hydrogens is 857 g/mol. The zero-order valence-electron chi connectivity index (χ0n) is 27.7. The maximum absolute atomic E-state index is 15.4. The van der Waals surface area contributed by atoms with Crippen LogP contribution in [-0.2, 0) is 6.54 Å². The van der Waals surface area contributed by atoms with Crippen LogP contribution in [0, 0.1) is 123 Å². The summed E-state index contributed by atoms with van der Waals surface area (Å²) in [5, 5.41) is 3.47. The molecule has 0 aliphatic carbocycles. The van der Waals surface area contributed by atoms with Gasteiger partial charge in [-0.05, 0) is 0 Å². The van der Waals surface area contributed by atoms with E-state index in [0.29, 0.717) is 0 Å². The minimum atomic E-state index is -7.22. The number of nitrogens with zero attached hydrogens (tertiary/aromatic N) is 1. The summed E-state index contributed by atoms with van der Waals surface area (Å²) in [5.74, 6) is -71.4. The van der Waals surface area contributed by atoms with Crippen molar-refractivity contribution < 1.29 is 92.4 Å². The molecule has 58 heavy (non-hydrogen) atoms. The number of rotatable bonds is 6. The Morgan fingerprint density at radius 3 is 0.845 bits per heavy atom. The highest BCUT2D eigenvalue weighted by molar-refractivity contribution is 7.20. The number of hydrogen-bond donors (Lipinski definition) is 0. The zero-order valence-corrected chi connectivity index (χ0v) is 28.6. The molecule has 1 aromatic heterocycles. The van der Waals surface area contributed by atoms with Crippen LogP contribution in [0.4, 0.5) is 87.8 Å². The van der Waals surface area contributed by atoms with Crippen LogP contribution in [0.3, 0.4) is 0 Å². The number of benzene rings is 5. The number of halogens is 20. The van der Waals surface area contributed by atoms with E-state index in [1.807, 2.05) is 0 Å². The number of aryl methyl sites for hydroxylation is 1. The lowest BCUT2D eigenvalue weighted by atomic mass is 9.12. The Hall–Kier alpha value is -5.61. The van der Waals surface area contributed by atoms with Crippen molar-refractivity contribution in [2.45, 2.75) is 13.5 Å². The van der Waals surface area contributed by atoms with E-state index in [0.717, 1.165) is 6.54 Å². The maximum Gasteiger partial charge on any atom is 0.234 e. The predicted molar refractivity (Wildman–Crippen MR) is 164 cm³/mol. The summed E-state index contributed by atoms with van der Waals surface area (Å²) < 4.78 is 296. The summed E-state index contributed by atoms with van der Waals surface area (Å²) in [4.78, 5) is 0. The van der Waals surface area contributed by atoms with E-state index in [1.165, 1.54) is 10.6 Å². The number of thiazole rings is 1. The Morgan fingerprint density at radius 1 is 0.379 bits per heavy atom. The quantitative estimate of drug-likeness (QED) is 0.0523. The molecule has 0 spiro atoms. The average molecular weight is 869 g/mol. The standard InChI is InChI=1S/C24BF20.C11H12NS/c26-5-1(6(27)14(35)21(42)13(5)34)25(2-7(28)15(36)22(43)16(37)8(2)29,3-9(30)17(38)23(44)18(39)10(3)31)4-11(32)19(40)24(45)20(41)12(4)33;1-10-12(7-8-13-10)9-11-5-3-2-4-6-11/h;2-8H,9H2,1H3/q-1;+1. The average Bonchev–Trinajstić information content (AvgIpc) is 3.61. The van der Waals surface area contributed by atoms with Gasteiger partial charge in [0.25, 0.3) is 0 Å². The van der Waals surface area contributed by atoms with Gasteiger partial charge in [0.15, 0.2) is 82.5 Å². The second-order valence-electron chi connectivity index (χ2n) is 11.8. The molecular formula is C35H12BF20NS. The molecule has 0 saturated carbocycles. The molecule has 0 unspecified atom stereocenters. The van der Waals surface area contributed by atoms with Crippen LogP contribution in [0.5, 0.6) is 0 Å². The van der Waals surface area contributed by atoms with E-state index in [1.54, 1.807) is 11.3 Å². The molecule has 6 aromatic rings. The van der Waals surface area contributed by atoms with Gasteiger partial charge in [0, 0.05) is 12.5 Å². The molecule has 6 rings (SSSR count). The third-order valence-corrected chi connectivity index (χ3v) is 9.62. The normalized spacial score (nSPS) is 11.6. The van der Waals surface area contributed by atoms with Gasteiger partial charge >= 0.3 is 0 Å². The Labute approximate surface area is 313 Å². The minimum absolute atomic E-state index is 0.982. The molecule has 1 nitrogen and oxygen atoms in total. The van der Waals surface area contributed by atoms with Gasteiger partial charge < -0.3 is 0 Å². The molecule has 0 amide bonds. The van der Waals surface area contributed by atoms with Gasteiger partial charge in [0.05, 0.1) is 5.38 Å². The van der Waals surface area contributed by atoms with Crippen LogP contribution >= 0.6 is 11.3 Å². The molecule has 0 aliphatic heterocycles. The van der Waals surface area contributed by atoms with Gasteiger partial charge in [-0.3, -0.25) is 0 Å². The number of aromatic nitrogens is 1. The van der Waals surface area contributed by atoms with Gasteiger partial charge in [-0.1, -0.05) is 41.7 Å². The molecule has 1 heterocycles. The molecule has 0 bridgehead atoms. The van der Waals surface area contributed by atoms with Crippen molar-refractivity contribution in [3.05, 3.63) is 169 Å². The molecule has 0 N–H and O–H groups in total. The van der Waals surface area contributed by atoms with Crippen molar-refractivity contribution >= 4 is 39.3 Å². The summed E-state index contributed by atoms with van der Waals surface area (Å²) in [6.45, 7) is 3.13. The molecule has 23 heteroatoms. The molecule has 306 valence electrons. The third kappa shape index (κ3) is 6.61. The molecule has 0 atom stereocenters. The first-order valence-electron chi connectivity index (χ1n) is 15.3. The Bertz CT molecular complexity index is 2230. The topological polar surface area (TPSA) is 3.88 Å². The van der Waals surface area contributed by atoms with Crippen LogP contribution in [0.1, 0.15) is 10.6 Å². The van der Waals surface area contributed by atoms with Gasteiger partial charge in [0.2, 0.25) is 5.01 Å². The lowest BCUT2D eigenvalue weighted by molar-refractivity contribution is -0.689. The van der Waals surface area contributed by atoms with E-state index >= 15 is 35.1 Å². The van der Waals surface area contributed by atoms with E-state index < -0.39 is 144 Å². The lowest BCUT2D eigenvalue weighted by Gasteiger charge is -2.44. The van der Waals surface area contributed by atoms with Crippen LogP contribution in [0.25, 0.3) is 0 Å². The number of hydrogen-bond acceptors (Lipinski definition) is 1. The highest BCUT2D eigenvalue weighted by Crippen LogP contribution is 2.30. The highest BCUT2D eigenvalue weighted by Gasteiger charge is 2.52. The summed E-state index contributed by atoms with van der Waals surface area (Å²) in [5.41, 5.74) is -13.0. The second kappa shape index (κ2) is 16.0. The first-order chi connectivity index (χ1) is 27.1. The van der Waals surface area contributed by atoms with E-state index in [-0.39, 0.29) is 0 Å². The SMILES string of the molecule is Cc1scc[n+]1Cc1ccccc1.Fc1c(F)c(F)c([B-](c2c(F)c(F)c(F)c(F)c2F)(c2c(F)c(F)c(F)c(F)c2F)c2c(F)c(F)c(F)c(F)c2F)c(F)c1F. The maximum atomic E-state index is 15.4. The summed E-state index contributed by atoms with van der Waals surface area (Å²) in [6, 6.07) is 10.5. The van der Waals surface area contributed by atoms with Crippen LogP contribution in [-0.4, -0.2) is 6.15 Å². The lowest BCUT2D eigenvalue weighted by Crippen LogP contribution is -2.81. The Balaban J connectivity index is 0.000000414. The fraction of sp³-hybridized carbons (Fsp3) is 0.0571. The van der Waals surface area contributed by atoms with Crippen molar-refractivity contribution in [3.8, 4) is 0 Å². The Kier molecular flexibility index (Phi) is 12.0. The van der Waals surface area contributed by atoms with E-state index in [2.05, 4.69) is 53.4 Å². The highest BCUT2D eigenvalue weighted by atomic mass is 32.1. The van der Waals surface area contributed by atoms with Gasteiger partial charge in [0.1, 0.15) is 52.7 Å². The first kappa shape index (κ1) is 43.5. The molecule has 0 aliphatic rings. The van der Waals surface area contributed by atoms with Crippen molar-refractivity contribution in [1.82, 2.24) is 0 Å². The molecule has 0 saturated heterocycles. The van der Waals surface area contributed by atoms with Crippen molar-refractivity contribution in [3.63, 3.8) is 0 Å². The molecule has 0 fully saturated rings. The molecule has 5 aromatic carbocycles. The van der Waals surface area contributed by atoms with Crippen LogP contribution < -0.4 is 26.4 Å². The largest absolute Gasteiger partial charge is 0.234 e. The van der Waals surface area contributed by atoms with Crippen molar-refractivity contribution in [2.24, 2.45) is 0 Å². The van der Waals surface area contributed by atoms with E-state index in [9.17, 15) is 52.7 Å². The fourth-order valence-electron chi connectivity index (χ4n) is 6.19. The van der Waals surface area contributed by atoms with Gasteiger partial charge in [-0.2, -0.15) is 4.57 Å². The van der Waals surface area contributed by atoms with Crippen molar-refractivity contribution in [2.75, 3.05) is 0 Å². The second-order valence-corrected chi connectivity index (χ2v) is 12.9. The summed E-state index contributed by atoms with van der Waals surface area (Å²) >= 11 is 1.79. The Morgan fingerprint density at radius 2 is 0.621 bits per heavy atom. The van der Waals surface area contributed by atoms with Gasteiger partial charge in [-0.15, -0.1) is 21.9 Å². The predicted octanol–water partition coefficient (Wildman–Crippen LogP) is 8.24.